The van der Waals surface area contributed by atoms with Crippen LogP contribution in [0.5, 0.6) is 0 Å². The molecule has 0 aliphatic carbocycles. The number of halogens is 1. The van der Waals surface area contributed by atoms with Gasteiger partial charge in [-0.25, -0.2) is 4.98 Å². The zero-order chi connectivity index (χ0) is 12.8. The van der Waals surface area contributed by atoms with Crippen molar-refractivity contribution in [3.05, 3.63) is 22.8 Å². The summed E-state index contributed by atoms with van der Waals surface area (Å²) in [7, 11) is 2.06. The molecule has 1 aromatic rings. The smallest absolute Gasteiger partial charge is 0.128 e. The number of hydrogen-bond donors (Lipinski definition) is 1. The van der Waals surface area contributed by atoms with E-state index >= 15 is 0 Å². The highest BCUT2D eigenvalue weighted by atomic mass is 35.5. The molecule has 3 nitrogen and oxygen atoms in total. The van der Waals surface area contributed by atoms with Crippen LogP contribution in [0.1, 0.15) is 26.5 Å². The predicted molar refractivity (Wildman–Crippen MR) is 74.7 cm³/mol. The number of anilines is 1. The molecule has 0 aliphatic rings. The molecule has 0 spiro atoms. The van der Waals surface area contributed by atoms with Crippen molar-refractivity contribution in [2.45, 2.75) is 27.3 Å². The van der Waals surface area contributed by atoms with Crippen LogP contribution in [0.15, 0.2) is 12.1 Å². The number of rotatable bonds is 6. The van der Waals surface area contributed by atoms with Crippen LogP contribution < -0.4 is 10.2 Å². The topological polar surface area (TPSA) is 28.2 Å². The van der Waals surface area contributed by atoms with E-state index < -0.39 is 0 Å². The molecule has 1 heterocycles. The summed E-state index contributed by atoms with van der Waals surface area (Å²) in [5.41, 5.74) is 0.918. The van der Waals surface area contributed by atoms with E-state index in [4.69, 9.17) is 11.6 Å². The molecule has 0 saturated carbocycles. The molecule has 0 unspecified atom stereocenters. The van der Waals surface area contributed by atoms with Crippen LogP contribution in [0.4, 0.5) is 5.82 Å². The lowest BCUT2D eigenvalue weighted by Crippen LogP contribution is -2.24. The zero-order valence-corrected chi connectivity index (χ0v) is 11.9. The molecule has 96 valence electrons. The number of aromatic nitrogens is 1. The molecule has 4 heteroatoms. The maximum atomic E-state index is 6.12. The lowest BCUT2D eigenvalue weighted by Gasteiger charge is -2.21. The van der Waals surface area contributed by atoms with Gasteiger partial charge < -0.3 is 10.2 Å². The quantitative estimate of drug-likeness (QED) is 0.847. The van der Waals surface area contributed by atoms with Gasteiger partial charge in [-0.15, -0.1) is 0 Å². The summed E-state index contributed by atoms with van der Waals surface area (Å²) >= 11 is 6.12. The second-order valence-corrected chi connectivity index (χ2v) is 5.06. The minimum atomic E-state index is 0.620. The second kappa shape index (κ2) is 6.82. The van der Waals surface area contributed by atoms with Gasteiger partial charge in [0.25, 0.3) is 0 Å². The SMILES string of the molecule is CCNCc1nc(N(C)CC(C)C)ccc1Cl. The van der Waals surface area contributed by atoms with Crippen molar-refractivity contribution >= 4 is 17.4 Å². The average Bonchev–Trinajstić information content (AvgIpc) is 2.27. The Hall–Kier alpha value is -0.800. The summed E-state index contributed by atoms with van der Waals surface area (Å²) in [6.07, 6.45) is 0. The fourth-order valence-electron chi connectivity index (χ4n) is 1.69. The fraction of sp³-hybridized carbons (Fsp3) is 0.615. The van der Waals surface area contributed by atoms with E-state index in [0.717, 1.165) is 36.2 Å². The van der Waals surface area contributed by atoms with Gasteiger partial charge in [0.15, 0.2) is 0 Å². The summed E-state index contributed by atoms with van der Waals surface area (Å²) in [4.78, 5) is 6.76. The third-order valence-corrected chi connectivity index (χ3v) is 2.82. The Labute approximate surface area is 109 Å². The standard InChI is InChI=1S/C13H22ClN3/c1-5-15-8-12-11(14)6-7-13(16-12)17(4)9-10(2)3/h6-7,10,15H,5,8-9H2,1-4H3. The molecule has 0 bridgehead atoms. The van der Waals surface area contributed by atoms with E-state index in [2.05, 4.69) is 43.0 Å². The van der Waals surface area contributed by atoms with Crippen molar-refractivity contribution in [1.29, 1.82) is 0 Å². The van der Waals surface area contributed by atoms with E-state index in [1.54, 1.807) is 0 Å². The highest BCUT2D eigenvalue weighted by Gasteiger charge is 2.08. The maximum absolute atomic E-state index is 6.12. The lowest BCUT2D eigenvalue weighted by molar-refractivity contribution is 0.632. The van der Waals surface area contributed by atoms with Crippen molar-refractivity contribution in [3.63, 3.8) is 0 Å². The molecular formula is C13H22ClN3. The van der Waals surface area contributed by atoms with Crippen molar-refractivity contribution in [2.75, 3.05) is 25.0 Å². The van der Waals surface area contributed by atoms with E-state index in [-0.39, 0.29) is 0 Å². The summed E-state index contributed by atoms with van der Waals surface area (Å²) in [5.74, 6) is 1.60. The number of nitrogens with zero attached hydrogens (tertiary/aromatic N) is 2. The molecule has 1 rings (SSSR count). The molecule has 0 fully saturated rings. The Morgan fingerprint density at radius 3 is 2.71 bits per heavy atom. The summed E-state index contributed by atoms with van der Waals surface area (Å²) in [5, 5.41) is 3.98. The van der Waals surface area contributed by atoms with Crippen LogP contribution in [0.25, 0.3) is 0 Å². The Morgan fingerprint density at radius 1 is 1.41 bits per heavy atom. The monoisotopic (exact) mass is 255 g/mol. The Balaban J connectivity index is 2.80. The van der Waals surface area contributed by atoms with Crippen molar-refractivity contribution in [1.82, 2.24) is 10.3 Å². The third-order valence-electron chi connectivity index (χ3n) is 2.48. The van der Waals surface area contributed by atoms with E-state index in [1.807, 2.05) is 12.1 Å². The first-order valence-corrected chi connectivity index (χ1v) is 6.49. The van der Waals surface area contributed by atoms with Gasteiger partial charge in [0.2, 0.25) is 0 Å². The minimum Gasteiger partial charge on any atom is -0.359 e. The maximum Gasteiger partial charge on any atom is 0.128 e. The largest absolute Gasteiger partial charge is 0.359 e. The van der Waals surface area contributed by atoms with Gasteiger partial charge >= 0.3 is 0 Å². The highest BCUT2D eigenvalue weighted by molar-refractivity contribution is 6.31. The van der Waals surface area contributed by atoms with Gasteiger partial charge in [-0.2, -0.15) is 0 Å². The lowest BCUT2D eigenvalue weighted by atomic mass is 10.2. The van der Waals surface area contributed by atoms with Crippen LogP contribution in [-0.2, 0) is 6.54 Å². The second-order valence-electron chi connectivity index (χ2n) is 4.65. The number of nitrogens with one attached hydrogen (secondary N) is 1. The van der Waals surface area contributed by atoms with Gasteiger partial charge in [0.05, 0.1) is 10.7 Å². The molecule has 0 saturated heterocycles. The van der Waals surface area contributed by atoms with Crippen molar-refractivity contribution in [3.8, 4) is 0 Å². The molecule has 0 atom stereocenters. The molecule has 1 N–H and O–H groups in total. The third kappa shape index (κ3) is 4.52. The molecule has 17 heavy (non-hydrogen) atoms. The van der Waals surface area contributed by atoms with Crippen LogP contribution in [0.2, 0.25) is 5.02 Å². The fourth-order valence-corrected chi connectivity index (χ4v) is 1.87. The van der Waals surface area contributed by atoms with Crippen molar-refractivity contribution < 1.29 is 0 Å². The zero-order valence-electron chi connectivity index (χ0n) is 11.1. The number of hydrogen-bond acceptors (Lipinski definition) is 3. The Bertz CT molecular complexity index is 353. The van der Waals surface area contributed by atoms with Gasteiger partial charge in [-0.05, 0) is 24.6 Å². The van der Waals surface area contributed by atoms with Gasteiger partial charge in [0, 0.05) is 20.1 Å². The highest BCUT2D eigenvalue weighted by Crippen LogP contribution is 2.19. The number of pyridine rings is 1. The van der Waals surface area contributed by atoms with Gasteiger partial charge in [-0.1, -0.05) is 32.4 Å². The van der Waals surface area contributed by atoms with Crippen LogP contribution in [0.3, 0.4) is 0 Å². The first-order chi connectivity index (χ1) is 8.04. The Kier molecular flexibility index (Phi) is 5.72. The van der Waals surface area contributed by atoms with E-state index in [0.29, 0.717) is 5.92 Å². The average molecular weight is 256 g/mol. The van der Waals surface area contributed by atoms with Crippen LogP contribution >= 0.6 is 11.6 Å². The molecule has 0 aliphatic heterocycles. The molecule has 0 amide bonds. The Morgan fingerprint density at radius 2 is 2.12 bits per heavy atom. The molecule has 1 aromatic heterocycles. The van der Waals surface area contributed by atoms with Gasteiger partial charge in [-0.3, -0.25) is 0 Å². The molecule has 0 radical (unpaired) electrons. The van der Waals surface area contributed by atoms with Gasteiger partial charge in [0.1, 0.15) is 5.82 Å². The summed E-state index contributed by atoms with van der Waals surface area (Å²) in [6.45, 7) is 9.11. The summed E-state index contributed by atoms with van der Waals surface area (Å²) < 4.78 is 0. The molecular weight excluding hydrogens is 234 g/mol. The molecule has 0 aromatic carbocycles. The van der Waals surface area contributed by atoms with Crippen LogP contribution in [-0.4, -0.2) is 25.1 Å². The first-order valence-electron chi connectivity index (χ1n) is 6.11. The minimum absolute atomic E-state index is 0.620. The summed E-state index contributed by atoms with van der Waals surface area (Å²) in [6, 6.07) is 3.90. The van der Waals surface area contributed by atoms with Crippen LogP contribution in [0, 0.1) is 5.92 Å². The predicted octanol–water partition coefficient (Wildman–Crippen LogP) is 2.94. The van der Waals surface area contributed by atoms with Crippen molar-refractivity contribution in [2.24, 2.45) is 5.92 Å². The van der Waals surface area contributed by atoms with E-state index in [1.165, 1.54) is 0 Å². The first kappa shape index (κ1) is 14.3. The normalized spacial score (nSPS) is 10.9. The van der Waals surface area contributed by atoms with E-state index in [9.17, 15) is 0 Å².